The highest BCUT2D eigenvalue weighted by Gasteiger charge is 2.65. The molecule has 3 N–H and O–H groups in total. The molecule has 2 saturated heterocycles. The van der Waals surface area contributed by atoms with E-state index >= 15 is 0 Å². The Hall–Kier alpha value is -3.59. The molecular weight excluding hydrogens is 567 g/mol. The third-order valence-electron chi connectivity index (χ3n) is 6.57. The fourth-order valence-electron chi connectivity index (χ4n) is 4.57. The quantitative estimate of drug-likeness (QED) is 0.250. The summed E-state index contributed by atoms with van der Waals surface area (Å²) >= 11 is 0. The summed E-state index contributed by atoms with van der Waals surface area (Å²) in [6.45, 7) is 0.288. The first-order valence-electron chi connectivity index (χ1n) is 11.9. The lowest BCUT2D eigenvalue weighted by Crippen LogP contribution is -2.63. The summed E-state index contributed by atoms with van der Waals surface area (Å²) in [6.07, 6.45) is 4.13. The number of β-amino-alcohol motifs (C(OH)–C–C–N with tert-alkyl or cyclic N) is 1. The van der Waals surface area contributed by atoms with Crippen LogP contribution in [-0.2, 0) is 20.1 Å². The van der Waals surface area contributed by atoms with E-state index in [2.05, 4.69) is 15.3 Å². The Kier molecular flexibility index (Phi) is 7.20. The summed E-state index contributed by atoms with van der Waals surface area (Å²) in [5.74, 6) is -2.40. The SMILES string of the molecule is N#CN1CC(O)CC1C(=O)N(c1ccc(S(F)(F)(F)(F)F)cc1)C(O)(C(=O)NC1CCOCC1)c1cnccn1. The van der Waals surface area contributed by atoms with Gasteiger partial charge in [0, 0.05) is 43.8 Å². The monoisotopic (exact) mass is 592 g/mol. The highest BCUT2D eigenvalue weighted by Crippen LogP contribution is 3.02. The first-order valence-corrected chi connectivity index (χ1v) is 13.9. The van der Waals surface area contributed by atoms with Crippen LogP contribution in [0.25, 0.3) is 0 Å². The average molecular weight is 593 g/mol. The highest BCUT2D eigenvalue weighted by molar-refractivity contribution is 8.45. The predicted molar refractivity (Wildman–Crippen MR) is 130 cm³/mol. The standard InChI is InChI=1S/C23H25F5N6O5S/c24-40(25,26,27,28)18-3-1-16(2-4-18)34(21(36)19-11-17(35)13-33(19)14-29)23(38,20-12-30-7-8-31-20)22(37)32-15-5-9-39-10-6-15/h1-4,7-8,12,15,17,19,35,38H,5-6,9-11,13H2,(H,32,37). The van der Waals surface area contributed by atoms with Crippen molar-refractivity contribution in [2.75, 3.05) is 24.7 Å². The van der Waals surface area contributed by atoms with E-state index in [1.165, 1.54) is 6.20 Å². The van der Waals surface area contributed by atoms with Gasteiger partial charge in [0.15, 0.2) is 6.19 Å². The van der Waals surface area contributed by atoms with Gasteiger partial charge in [0.05, 0.1) is 18.8 Å². The van der Waals surface area contributed by atoms with Crippen molar-refractivity contribution >= 4 is 27.7 Å². The van der Waals surface area contributed by atoms with Gasteiger partial charge in [0.2, 0.25) is 0 Å². The van der Waals surface area contributed by atoms with Gasteiger partial charge in [0.25, 0.3) is 17.5 Å². The average Bonchev–Trinajstić information content (AvgIpc) is 3.29. The van der Waals surface area contributed by atoms with Crippen molar-refractivity contribution in [1.82, 2.24) is 20.2 Å². The summed E-state index contributed by atoms with van der Waals surface area (Å²) in [5.41, 5.74) is -4.19. The number of aliphatic hydroxyl groups is 2. The summed E-state index contributed by atoms with van der Waals surface area (Å²) in [6, 6.07) is -0.950. The Morgan fingerprint density at radius 1 is 1.15 bits per heavy atom. The number of aliphatic hydroxyl groups excluding tert-OH is 1. The fraction of sp³-hybridized carbons (Fsp3) is 0.435. The van der Waals surface area contributed by atoms with E-state index in [-0.39, 0.29) is 38.3 Å². The molecule has 2 aliphatic rings. The first kappa shape index (κ1) is 29.4. The molecule has 3 atom stereocenters. The van der Waals surface area contributed by atoms with Crippen LogP contribution >= 0.6 is 10.2 Å². The Morgan fingerprint density at radius 2 is 1.80 bits per heavy atom. The van der Waals surface area contributed by atoms with Gasteiger partial charge in [-0.1, -0.05) is 19.4 Å². The third-order valence-corrected chi connectivity index (χ3v) is 7.73. The van der Waals surface area contributed by atoms with Gasteiger partial charge in [0.1, 0.15) is 16.6 Å². The van der Waals surface area contributed by atoms with Crippen molar-refractivity contribution in [2.45, 2.75) is 48.1 Å². The Morgan fingerprint density at radius 3 is 2.35 bits per heavy atom. The first-order chi connectivity index (χ1) is 18.5. The zero-order chi connectivity index (χ0) is 29.4. The molecule has 218 valence electrons. The molecule has 40 heavy (non-hydrogen) atoms. The van der Waals surface area contributed by atoms with E-state index in [4.69, 9.17) is 4.74 Å². The van der Waals surface area contributed by atoms with Crippen LogP contribution in [0.5, 0.6) is 0 Å². The largest absolute Gasteiger partial charge is 0.391 e. The molecule has 2 amide bonds. The Bertz CT molecular complexity index is 1310. The molecule has 0 spiro atoms. The van der Waals surface area contributed by atoms with Crippen LogP contribution in [0.15, 0.2) is 47.8 Å². The molecule has 0 aliphatic carbocycles. The number of hydrogen-bond donors (Lipinski definition) is 3. The zero-order valence-corrected chi connectivity index (χ0v) is 21.5. The number of amides is 2. The third kappa shape index (κ3) is 5.94. The second kappa shape index (κ2) is 9.80. The van der Waals surface area contributed by atoms with Crippen molar-refractivity contribution < 1.29 is 44.0 Å². The lowest BCUT2D eigenvalue weighted by molar-refractivity contribution is -0.148. The molecule has 3 heterocycles. The second-order valence-electron chi connectivity index (χ2n) is 9.42. The lowest BCUT2D eigenvalue weighted by Gasteiger charge is -2.42. The van der Waals surface area contributed by atoms with Crippen LogP contribution in [0.3, 0.4) is 0 Å². The van der Waals surface area contributed by atoms with Crippen LogP contribution in [0.4, 0.5) is 25.1 Å². The minimum atomic E-state index is -10.1. The van der Waals surface area contributed by atoms with Crippen molar-refractivity contribution in [3.63, 3.8) is 0 Å². The van der Waals surface area contributed by atoms with Crippen LogP contribution in [0.2, 0.25) is 0 Å². The lowest BCUT2D eigenvalue weighted by atomic mass is 10.0. The number of benzene rings is 1. The molecule has 0 saturated carbocycles. The molecule has 1 aromatic heterocycles. The van der Waals surface area contributed by atoms with Gasteiger partial charge < -0.3 is 20.3 Å². The number of aromatic nitrogens is 2. The molecule has 0 radical (unpaired) electrons. The van der Waals surface area contributed by atoms with Gasteiger partial charge in [-0.25, -0.2) is 0 Å². The van der Waals surface area contributed by atoms with Crippen LogP contribution in [-0.4, -0.2) is 74.8 Å². The number of nitriles is 1. The van der Waals surface area contributed by atoms with Crippen molar-refractivity contribution in [3.05, 3.63) is 48.5 Å². The van der Waals surface area contributed by atoms with Crippen molar-refractivity contribution in [2.24, 2.45) is 0 Å². The number of halogens is 5. The molecule has 2 fully saturated rings. The number of anilines is 1. The van der Waals surface area contributed by atoms with Gasteiger partial charge >= 0.3 is 10.2 Å². The van der Waals surface area contributed by atoms with Crippen LogP contribution in [0, 0.1) is 11.5 Å². The minimum absolute atomic E-state index is 0.0240. The van der Waals surface area contributed by atoms with Gasteiger partial charge in [-0.3, -0.25) is 29.4 Å². The maximum absolute atomic E-state index is 13.9. The smallest absolute Gasteiger partial charge is 0.310 e. The maximum Gasteiger partial charge on any atom is 0.310 e. The van der Waals surface area contributed by atoms with Crippen molar-refractivity contribution in [1.29, 1.82) is 5.26 Å². The van der Waals surface area contributed by atoms with Gasteiger partial charge in [-0.2, -0.15) is 5.26 Å². The molecular formula is C23H25F5N6O5S. The molecule has 17 heteroatoms. The summed E-state index contributed by atoms with van der Waals surface area (Å²) in [5, 5.41) is 34.2. The van der Waals surface area contributed by atoms with E-state index < -0.39 is 62.2 Å². The number of carbonyl (C=O) groups excluding carboxylic acids is 2. The normalized spacial score (nSPS) is 23.3. The molecule has 2 aliphatic heterocycles. The number of carbonyl (C=O) groups is 2. The van der Waals surface area contributed by atoms with Gasteiger partial charge in [-0.15, -0.1) is 0 Å². The second-order valence-corrected chi connectivity index (χ2v) is 11.8. The van der Waals surface area contributed by atoms with E-state index in [0.29, 0.717) is 29.9 Å². The van der Waals surface area contributed by atoms with Crippen molar-refractivity contribution in [3.8, 4) is 6.19 Å². The zero-order valence-electron chi connectivity index (χ0n) is 20.7. The molecule has 1 aromatic carbocycles. The number of nitrogens with zero attached hydrogens (tertiary/aromatic N) is 5. The Balaban J connectivity index is 1.88. The molecule has 4 rings (SSSR count). The van der Waals surface area contributed by atoms with Gasteiger partial charge in [-0.05, 0) is 37.1 Å². The number of ether oxygens (including phenoxy) is 1. The van der Waals surface area contributed by atoms with E-state index in [1.54, 1.807) is 6.19 Å². The number of rotatable bonds is 7. The maximum atomic E-state index is 13.9. The summed E-state index contributed by atoms with van der Waals surface area (Å²) < 4.78 is 72.3. The summed E-state index contributed by atoms with van der Waals surface area (Å²) in [7, 11) is -10.1. The highest BCUT2D eigenvalue weighted by atomic mass is 32.5. The topological polar surface area (TPSA) is 152 Å². The predicted octanol–water partition coefficient (Wildman–Crippen LogP) is 2.52. The van der Waals surface area contributed by atoms with E-state index in [1.807, 2.05) is 0 Å². The molecule has 2 aromatic rings. The van der Waals surface area contributed by atoms with Crippen LogP contribution < -0.4 is 10.2 Å². The fourth-order valence-corrected chi connectivity index (χ4v) is 5.22. The summed E-state index contributed by atoms with van der Waals surface area (Å²) in [4.78, 5) is 34.4. The minimum Gasteiger partial charge on any atom is -0.391 e. The Labute approximate surface area is 224 Å². The molecule has 0 bridgehead atoms. The van der Waals surface area contributed by atoms with Crippen LogP contribution in [0.1, 0.15) is 25.0 Å². The van der Waals surface area contributed by atoms with E-state index in [9.17, 15) is 44.5 Å². The molecule has 3 unspecified atom stereocenters. The number of likely N-dealkylation sites (tertiary alicyclic amines) is 1. The van der Waals surface area contributed by atoms with E-state index in [0.717, 1.165) is 17.3 Å². The number of nitrogens with one attached hydrogen (secondary N) is 1. The molecule has 11 nitrogen and oxygen atoms in total. The number of hydrogen-bond acceptors (Lipinski definition) is 9.